The summed E-state index contributed by atoms with van der Waals surface area (Å²) in [7, 11) is 0. The van der Waals surface area contributed by atoms with Crippen LogP contribution in [0.15, 0.2) is 24.3 Å². The molecule has 2 aromatic heterocycles. The van der Waals surface area contributed by atoms with Gasteiger partial charge in [0.1, 0.15) is 28.2 Å². The van der Waals surface area contributed by atoms with Crippen molar-refractivity contribution in [2.75, 3.05) is 6.61 Å². The van der Waals surface area contributed by atoms with Gasteiger partial charge in [-0.1, -0.05) is 29.8 Å². The summed E-state index contributed by atoms with van der Waals surface area (Å²) in [6, 6.07) is 8.04. The van der Waals surface area contributed by atoms with Gasteiger partial charge in [-0.05, 0) is 25.5 Å². The second-order valence-corrected chi connectivity index (χ2v) is 6.80. The normalized spacial score (nSPS) is 17.0. The van der Waals surface area contributed by atoms with Crippen LogP contribution in [-0.4, -0.2) is 16.6 Å². The first-order valence-corrected chi connectivity index (χ1v) is 7.99. The number of fused-ring (bicyclic) bond motifs is 2. The average Bonchev–Trinajstić information content (AvgIpc) is 3.01. The maximum absolute atomic E-state index is 6.40. The topological polar surface area (TPSA) is 35.0 Å². The molecule has 3 nitrogen and oxygen atoms in total. The predicted octanol–water partition coefficient (Wildman–Crippen LogP) is 4.49. The molecule has 0 fully saturated rings. The van der Waals surface area contributed by atoms with Crippen molar-refractivity contribution < 1.29 is 4.74 Å². The number of hydrogen-bond donors (Lipinski definition) is 0. The van der Waals surface area contributed by atoms with Crippen LogP contribution in [0.4, 0.5) is 0 Å². The van der Waals surface area contributed by atoms with E-state index >= 15 is 0 Å². The number of aryl methyl sites for hydroxylation is 2. The molecule has 0 bridgehead atoms. The second-order valence-electron chi connectivity index (χ2n) is 5.24. The van der Waals surface area contributed by atoms with Crippen LogP contribution < -0.4 is 4.74 Å². The minimum absolute atomic E-state index is 0.0609. The maximum atomic E-state index is 6.40. The lowest BCUT2D eigenvalue weighted by Gasteiger charge is -2.08. The first-order valence-electron chi connectivity index (χ1n) is 6.80. The number of halogens is 1. The van der Waals surface area contributed by atoms with Crippen molar-refractivity contribution >= 4 is 33.2 Å². The third-order valence-electron chi connectivity index (χ3n) is 4.01. The molecule has 106 valence electrons. The highest BCUT2D eigenvalue weighted by Gasteiger charge is 2.28. The Labute approximate surface area is 131 Å². The first kappa shape index (κ1) is 13.0. The van der Waals surface area contributed by atoms with Gasteiger partial charge in [-0.3, -0.25) is 0 Å². The first-order chi connectivity index (χ1) is 10.1. The van der Waals surface area contributed by atoms with Crippen LogP contribution >= 0.6 is 22.9 Å². The van der Waals surface area contributed by atoms with E-state index in [4.69, 9.17) is 21.3 Å². The quantitative estimate of drug-likeness (QED) is 0.621. The van der Waals surface area contributed by atoms with E-state index in [9.17, 15) is 0 Å². The third-order valence-corrected chi connectivity index (χ3v) is 5.39. The number of hydrogen-bond acceptors (Lipinski definition) is 4. The number of nitrogens with zero attached hydrogens (tertiary/aromatic N) is 2. The molecule has 3 aromatic rings. The summed E-state index contributed by atoms with van der Waals surface area (Å²) in [5, 5.41) is 1.52. The smallest absolute Gasteiger partial charge is 0.142 e. The van der Waals surface area contributed by atoms with Gasteiger partial charge in [0, 0.05) is 10.4 Å². The number of para-hydroxylation sites is 1. The molecule has 1 atom stereocenters. The van der Waals surface area contributed by atoms with E-state index in [2.05, 4.69) is 24.9 Å². The van der Waals surface area contributed by atoms with Gasteiger partial charge in [0.15, 0.2) is 0 Å². The van der Waals surface area contributed by atoms with E-state index in [0.29, 0.717) is 11.8 Å². The Morgan fingerprint density at radius 2 is 2.05 bits per heavy atom. The minimum Gasteiger partial charge on any atom is -0.492 e. The summed E-state index contributed by atoms with van der Waals surface area (Å²) < 4.78 is 5.73. The molecule has 1 aromatic carbocycles. The molecule has 1 aliphatic heterocycles. The number of rotatable bonds is 1. The van der Waals surface area contributed by atoms with Crippen LogP contribution in [-0.2, 0) is 0 Å². The molecule has 5 heteroatoms. The van der Waals surface area contributed by atoms with Gasteiger partial charge in [-0.15, -0.1) is 11.3 Å². The third kappa shape index (κ3) is 1.93. The number of benzene rings is 1. The van der Waals surface area contributed by atoms with Crippen molar-refractivity contribution in [1.82, 2.24) is 9.97 Å². The fourth-order valence-corrected chi connectivity index (χ4v) is 4.16. The lowest BCUT2D eigenvalue weighted by atomic mass is 10.0. The highest BCUT2D eigenvalue weighted by atomic mass is 35.5. The van der Waals surface area contributed by atoms with Crippen LogP contribution in [0.1, 0.15) is 27.7 Å². The zero-order chi connectivity index (χ0) is 14.6. The summed E-state index contributed by atoms with van der Waals surface area (Å²) in [6.07, 6.45) is 0. The molecule has 1 aliphatic rings. The fraction of sp³-hybridized carbons (Fsp3) is 0.250. The van der Waals surface area contributed by atoms with Gasteiger partial charge in [0.05, 0.1) is 11.3 Å². The van der Waals surface area contributed by atoms with E-state index in [1.807, 2.05) is 18.2 Å². The van der Waals surface area contributed by atoms with Crippen molar-refractivity contribution in [3.8, 4) is 5.75 Å². The Hall–Kier alpha value is -1.65. The Bertz CT molecular complexity index is 859. The molecule has 0 radical (unpaired) electrons. The van der Waals surface area contributed by atoms with Crippen molar-refractivity contribution in [1.29, 1.82) is 0 Å². The monoisotopic (exact) mass is 316 g/mol. The Morgan fingerprint density at radius 3 is 2.90 bits per heavy atom. The molecular weight excluding hydrogens is 304 g/mol. The molecule has 0 saturated heterocycles. The van der Waals surface area contributed by atoms with Gasteiger partial charge < -0.3 is 4.74 Å². The van der Waals surface area contributed by atoms with Gasteiger partial charge in [-0.25, -0.2) is 9.97 Å². The van der Waals surface area contributed by atoms with E-state index in [-0.39, 0.29) is 5.92 Å². The molecule has 0 spiro atoms. The van der Waals surface area contributed by atoms with Crippen LogP contribution in [0.25, 0.3) is 10.2 Å². The van der Waals surface area contributed by atoms with Gasteiger partial charge in [0.25, 0.3) is 0 Å². The SMILES string of the molecule is Cc1sc2nc(C3COc4ccccc43)nc(Cl)c2c1C. The van der Waals surface area contributed by atoms with Gasteiger partial charge in [-0.2, -0.15) is 0 Å². The molecule has 0 saturated carbocycles. The van der Waals surface area contributed by atoms with Crippen molar-refractivity contribution in [3.63, 3.8) is 0 Å². The molecular formula is C16H13ClN2OS. The zero-order valence-electron chi connectivity index (χ0n) is 11.7. The lowest BCUT2D eigenvalue weighted by molar-refractivity contribution is 0.340. The number of aromatic nitrogens is 2. The van der Waals surface area contributed by atoms with Crippen LogP contribution in [0.5, 0.6) is 5.75 Å². The van der Waals surface area contributed by atoms with Crippen LogP contribution in [0, 0.1) is 13.8 Å². The highest BCUT2D eigenvalue weighted by molar-refractivity contribution is 7.18. The largest absolute Gasteiger partial charge is 0.492 e. The molecule has 1 unspecified atom stereocenters. The molecule has 4 rings (SSSR count). The summed E-state index contributed by atoms with van der Waals surface area (Å²) in [4.78, 5) is 11.5. The average molecular weight is 317 g/mol. The van der Waals surface area contributed by atoms with Crippen molar-refractivity contribution in [2.45, 2.75) is 19.8 Å². The van der Waals surface area contributed by atoms with Crippen molar-refractivity contribution in [3.05, 3.63) is 51.2 Å². The summed E-state index contributed by atoms with van der Waals surface area (Å²) >= 11 is 8.07. The second kappa shape index (κ2) is 4.68. The Balaban J connectivity index is 1.89. The minimum atomic E-state index is 0.0609. The lowest BCUT2D eigenvalue weighted by Crippen LogP contribution is -2.07. The fourth-order valence-electron chi connectivity index (χ4n) is 2.75. The maximum Gasteiger partial charge on any atom is 0.142 e. The zero-order valence-corrected chi connectivity index (χ0v) is 13.3. The summed E-state index contributed by atoms with van der Waals surface area (Å²) in [6.45, 7) is 4.73. The standard InChI is InChI=1S/C16H13ClN2OS/c1-8-9(2)21-16-13(8)14(17)18-15(19-16)11-7-20-12-6-4-3-5-10(11)12/h3-6,11H,7H2,1-2H3. The summed E-state index contributed by atoms with van der Waals surface area (Å²) in [5.74, 6) is 1.73. The van der Waals surface area contributed by atoms with E-state index < -0.39 is 0 Å². The Kier molecular flexibility index (Phi) is 2.91. The van der Waals surface area contributed by atoms with E-state index in [0.717, 1.165) is 27.4 Å². The molecule has 3 heterocycles. The molecule has 21 heavy (non-hydrogen) atoms. The molecule has 0 N–H and O–H groups in total. The predicted molar refractivity (Wildman–Crippen MR) is 85.7 cm³/mol. The molecule has 0 aliphatic carbocycles. The van der Waals surface area contributed by atoms with Gasteiger partial charge >= 0.3 is 0 Å². The van der Waals surface area contributed by atoms with Gasteiger partial charge in [0.2, 0.25) is 0 Å². The summed E-state index contributed by atoms with van der Waals surface area (Å²) in [5.41, 5.74) is 2.31. The number of ether oxygens (including phenoxy) is 1. The highest BCUT2D eigenvalue weighted by Crippen LogP contribution is 2.39. The van der Waals surface area contributed by atoms with E-state index in [1.54, 1.807) is 11.3 Å². The Morgan fingerprint density at radius 1 is 1.24 bits per heavy atom. The van der Waals surface area contributed by atoms with Crippen molar-refractivity contribution in [2.24, 2.45) is 0 Å². The number of thiophene rings is 1. The van der Waals surface area contributed by atoms with E-state index in [1.165, 1.54) is 10.4 Å². The van der Waals surface area contributed by atoms with Crippen LogP contribution in [0.2, 0.25) is 5.15 Å². The van der Waals surface area contributed by atoms with Crippen LogP contribution in [0.3, 0.4) is 0 Å². The molecule has 0 amide bonds.